The maximum absolute atomic E-state index is 12.2. The van der Waals surface area contributed by atoms with E-state index in [-0.39, 0.29) is 16.8 Å². The van der Waals surface area contributed by atoms with Crippen molar-refractivity contribution in [3.63, 3.8) is 0 Å². The van der Waals surface area contributed by atoms with E-state index in [1.165, 1.54) is 0 Å². The van der Waals surface area contributed by atoms with Crippen LogP contribution < -0.4 is 20.5 Å². The smallest absolute Gasteiger partial charge is 0.240 e. The van der Waals surface area contributed by atoms with Crippen molar-refractivity contribution < 1.29 is 13.2 Å². The number of aliphatic imine (C=N–C) groups is 1. The molecule has 0 saturated carbocycles. The number of nitrogens with two attached hydrogens (primary N) is 1. The molecule has 0 saturated heterocycles. The van der Waals surface area contributed by atoms with Crippen LogP contribution >= 0.6 is 11.6 Å². The summed E-state index contributed by atoms with van der Waals surface area (Å²) in [4.78, 5) is 4.48. The van der Waals surface area contributed by atoms with Gasteiger partial charge in [0, 0.05) is 12.2 Å². The predicted molar refractivity (Wildman–Crippen MR) is 113 cm³/mol. The minimum absolute atomic E-state index is 0.219. The number of halogens is 1. The number of rotatable bonds is 8. The lowest BCUT2D eigenvalue weighted by molar-refractivity contribution is 0.415. The number of nitrogens with zero attached hydrogens (tertiary/aromatic N) is 1. The highest BCUT2D eigenvalue weighted by atomic mass is 35.5. The second-order valence-electron chi connectivity index (χ2n) is 6.57. The zero-order valence-corrected chi connectivity index (χ0v) is 17.6. The molecule has 2 aromatic rings. The second-order valence-corrected chi connectivity index (χ2v) is 8.74. The van der Waals surface area contributed by atoms with Crippen LogP contribution in [0.2, 0.25) is 5.02 Å². The van der Waals surface area contributed by atoms with Gasteiger partial charge < -0.3 is 15.8 Å². The highest BCUT2D eigenvalue weighted by Crippen LogP contribution is 2.27. The Labute approximate surface area is 171 Å². The van der Waals surface area contributed by atoms with E-state index in [1.54, 1.807) is 49.6 Å². The van der Waals surface area contributed by atoms with Crippen LogP contribution in [-0.4, -0.2) is 28.0 Å². The molecule has 0 aliphatic heterocycles. The summed E-state index contributed by atoms with van der Waals surface area (Å²) in [7, 11) is -1.96. The predicted octanol–water partition coefficient (Wildman–Crippen LogP) is 3.21. The van der Waals surface area contributed by atoms with E-state index in [1.807, 2.05) is 13.8 Å². The van der Waals surface area contributed by atoms with Gasteiger partial charge in [0.05, 0.1) is 23.6 Å². The van der Waals surface area contributed by atoms with Gasteiger partial charge in [-0.2, -0.15) is 0 Å². The Hall–Kier alpha value is -2.29. The summed E-state index contributed by atoms with van der Waals surface area (Å²) in [5.74, 6) is 1.02. The lowest BCUT2D eigenvalue weighted by Crippen LogP contribution is -2.27. The number of hydrogen-bond acceptors (Lipinski definition) is 4. The molecule has 0 radical (unpaired) electrons. The van der Waals surface area contributed by atoms with Crippen LogP contribution in [0, 0.1) is 5.92 Å². The van der Waals surface area contributed by atoms with E-state index in [9.17, 15) is 8.42 Å². The molecule has 0 spiro atoms. The first-order valence-electron chi connectivity index (χ1n) is 8.70. The maximum Gasteiger partial charge on any atom is 0.240 e. The zero-order chi connectivity index (χ0) is 20.7. The molecular formula is C19H25ClN4O3S. The molecule has 0 amide bonds. The summed E-state index contributed by atoms with van der Waals surface area (Å²) in [5.41, 5.74) is 7.42. The molecule has 0 atom stereocenters. The fourth-order valence-corrected chi connectivity index (χ4v) is 3.71. The summed E-state index contributed by atoms with van der Waals surface area (Å²) in [6.07, 6.45) is 0. The molecule has 4 N–H and O–H groups in total. The average Bonchev–Trinajstić information content (AvgIpc) is 2.65. The largest absolute Gasteiger partial charge is 0.495 e. The van der Waals surface area contributed by atoms with E-state index in [4.69, 9.17) is 22.1 Å². The van der Waals surface area contributed by atoms with Gasteiger partial charge in [0.2, 0.25) is 10.0 Å². The van der Waals surface area contributed by atoms with Gasteiger partial charge >= 0.3 is 0 Å². The first kappa shape index (κ1) is 22.0. The number of guanidine groups is 1. The van der Waals surface area contributed by atoms with Gasteiger partial charge in [0.25, 0.3) is 0 Å². The molecule has 2 aromatic carbocycles. The molecule has 0 aliphatic carbocycles. The van der Waals surface area contributed by atoms with E-state index in [0.29, 0.717) is 29.5 Å². The van der Waals surface area contributed by atoms with Gasteiger partial charge in [-0.15, -0.1) is 0 Å². The number of ether oxygens (including phenoxy) is 1. The van der Waals surface area contributed by atoms with Gasteiger partial charge in [0.15, 0.2) is 5.96 Å². The van der Waals surface area contributed by atoms with E-state index in [2.05, 4.69) is 15.0 Å². The Bertz CT molecular complexity index is 929. The Balaban J connectivity index is 1.99. The molecule has 0 unspecified atom stereocenters. The summed E-state index contributed by atoms with van der Waals surface area (Å²) >= 11 is 6.08. The van der Waals surface area contributed by atoms with Crippen LogP contribution in [0.15, 0.2) is 52.4 Å². The normalized spacial score (nSPS) is 12.2. The lowest BCUT2D eigenvalue weighted by Gasteiger charge is -2.10. The van der Waals surface area contributed by atoms with E-state index < -0.39 is 10.0 Å². The van der Waals surface area contributed by atoms with E-state index in [0.717, 1.165) is 5.56 Å². The van der Waals surface area contributed by atoms with Gasteiger partial charge in [-0.3, -0.25) is 0 Å². The van der Waals surface area contributed by atoms with Crippen molar-refractivity contribution in [3.05, 3.63) is 53.1 Å². The van der Waals surface area contributed by atoms with Crippen molar-refractivity contribution in [2.45, 2.75) is 25.3 Å². The average molecular weight is 425 g/mol. The van der Waals surface area contributed by atoms with Gasteiger partial charge in [-0.1, -0.05) is 37.6 Å². The van der Waals surface area contributed by atoms with Crippen LogP contribution in [-0.2, 0) is 16.6 Å². The second kappa shape index (κ2) is 9.77. The van der Waals surface area contributed by atoms with Crippen molar-refractivity contribution in [3.8, 4) is 5.75 Å². The van der Waals surface area contributed by atoms with E-state index >= 15 is 0 Å². The molecule has 0 aliphatic rings. The van der Waals surface area contributed by atoms with Crippen LogP contribution in [0.25, 0.3) is 0 Å². The summed E-state index contributed by atoms with van der Waals surface area (Å²) < 4.78 is 32.1. The number of sulfonamides is 1. The monoisotopic (exact) mass is 424 g/mol. The molecule has 0 heterocycles. The minimum atomic E-state index is -3.50. The highest BCUT2D eigenvalue weighted by molar-refractivity contribution is 7.89. The Morgan fingerprint density at radius 1 is 1.21 bits per heavy atom. The lowest BCUT2D eigenvalue weighted by atomic mass is 10.2. The molecule has 9 heteroatoms. The number of methoxy groups -OCH3 is 1. The zero-order valence-electron chi connectivity index (χ0n) is 16.1. The van der Waals surface area contributed by atoms with Crippen molar-refractivity contribution >= 4 is 33.3 Å². The fourth-order valence-electron chi connectivity index (χ4n) is 2.24. The molecule has 2 rings (SSSR count). The van der Waals surface area contributed by atoms with Crippen molar-refractivity contribution in [2.24, 2.45) is 16.6 Å². The SMILES string of the molecule is COc1ccc(NC(N)=NCc2ccc(S(=O)(=O)NCC(C)C)cc2)cc1Cl. The first-order valence-corrected chi connectivity index (χ1v) is 10.6. The van der Waals surface area contributed by atoms with Gasteiger partial charge in [-0.25, -0.2) is 18.1 Å². The molecule has 152 valence electrons. The Morgan fingerprint density at radius 3 is 2.46 bits per heavy atom. The van der Waals surface area contributed by atoms with Crippen molar-refractivity contribution in [1.29, 1.82) is 0 Å². The molecular weight excluding hydrogens is 400 g/mol. The maximum atomic E-state index is 12.2. The number of anilines is 1. The third-order valence-electron chi connectivity index (χ3n) is 3.77. The van der Waals surface area contributed by atoms with Crippen LogP contribution in [0.1, 0.15) is 19.4 Å². The molecule has 0 bridgehead atoms. The molecule has 28 heavy (non-hydrogen) atoms. The highest BCUT2D eigenvalue weighted by Gasteiger charge is 2.13. The molecule has 0 fully saturated rings. The molecule has 0 aromatic heterocycles. The first-order chi connectivity index (χ1) is 13.2. The van der Waals surface area contributed by atoms with Crippen LogP contribution in [0.4, 0.5) is 5.69 Å². The minimum Gasteiger partial charge on any atom is -0.495 e. The summed E-state index contributed by atoms with van der Waals surface area (Å²) in [5, 5.41) is 3.41. The number of nitrogens with one attached hydrogen (secondary N) is 2. The summed E-state index contributed by atoms with van der Waals surface area (Å²) in [6, 6.07) is 11.7. The Morgan fingerprint density at radius 2 is 1.89 bits per heavy atom. The third kappa shape index (κ3) is 6.40. The standard InChI is InChI=1S/C19H25ClN4O3S/c1-13(2)11-23-28(25,26)16-7-4-14(5-8-16)12-22-19(21)24-15-6-9-18(27-3)17(20)10-15/h4-10,13,23H,11-12H2,1-3H3,(H3,21,22,24). The number of benzene rings is 2. The summed E-state index contributed by atoms with van der Waals surface area (Å²) in [6.45, 7) is 4.60. The molecule has 7 nitrogen and oxygen atoms in total. The third-order valence-corrected chi connectivity index (χ3v) is 5.51. The van der Waals surface area contributed by atoms with Crippen molar-refractivity contribution in [1.82, 2.24) is 4.72 Å². The van der Waals surface area contributed by atoms with Crippen molar-refractivity contribution in [2.75, 3.05) is 19.0 Å². The quantitative estimate of drug-likeness (QED) is 0.445. The number of hydrogen-bond donors (Lipinski definition) is 3. The van der Waals surface area contributed by atoms with Crippen LogP contribution in [0.3, 0.4) is 0 Å². The Kier molecular flexibility index (Phi) is 7.68. The topological polar surface area (TPSA) is 106 Å². The van der Waals surface area contributed by atoms with Gasteiger partial charge in [-0.05, 0) is 41.8 Å². The fraction of sp³-hybridized carbons (Fsp3) is 0.316. The van der Waals surface area contributed by atoms with Crippen LogP contribution in [0.5, 0.6) is 5.75 Å². The van der Waals surface area contributed by atoms with Gasteiger partial charge in [0.1, 0.15) is 5.75 Å².